The first-order valence-corrected chi connectivity index (χ1v) is 4.93. The van der Waals surface area contributed by atoms with Gasteiger partial charge in [-0.25, -0.2) is 8.78 Å². The molecule has 0 fully saturated rings. The van der Waals surface area contributed by atoms with Gasteiger partial charge in [-0.3, -0.25) is 5.10 Å². The number of rotatable bonds is 2. The highest BCUT2D eigenvalue weighted by Crippen LogP contribution is 2.28. The number of aryl methyl sites for hydroxylation is 1. The molecule has 1 unspecified atom stereocenters. The molecule has 1 aromatic carbocycles. The summed E-state index contributed by atoms with van der Waals surface area (Å²) < 4.78 is 27.0. The Bertz CT molecular complexity index is 554. The molecule has 0 saturated carbocycles. The molecular weight excluding hydrogens is 228 g/mol. The van der Waals surface area contributed by atoms with E-state index in [2.05, 4.69) is 10.2 Å². The molecule has 0 spiro atoms. The summed E-state index contributed by atoms with van der Waals surface area (Å²) in [7, 11) is 0. The number of nitrogens with one attached hydrogen (secondary N) is 1. The van der Waals surface area contributed by atoms with E-state index >= 15 is 0 Å². The minimum atomic E-state index is -1.34. The molecule has 1 atom stereocenters. The third-order valence-electron chi connectivity index (χ3n) is 2.59. The van der Waals surface area contributed by atoms with Crippen molar-refractivity contribution in [2.45, 2.75) is 13.0 Å². The van der Waals surface area contributed by atoms with E-state index < -0.39 is 17.7 Å². The molecule has 17 heavy (non-hydrogen) atoms. The van der Waals surface area contributed by atoms with Crippen molar-refractivity contribution in [1.29, 1.82) is 0 Å². The van der Waals surface area contributed by atoms with Gasteiger partial charge < -0.3 is 10.8 Å². The predicted molar refractivity (Wildman–Crippen MR) is 58.2 cm³/mol. The van der Waals surface area contributed by atoms with E-state index in [9.17, 15) is 13.9 Å². The summed E-state index contributed by atoms with van der Waals surface area (Å²) in [5, 5.41) is 15.9. The van der Waals surface area contributed by atoms with Crippen LogP contribution in [0.3, 0.4) is 0 Å². The zero-order valence-electron chi connectivity index (χ0n) is 9.04. The average Bonchev–Trinajstić information content (AvgIpc) is 2.72. The highest BCUT2D eigenvalue weighted by atomic mass is 19.2. The second kappa shape index (κ2) is 4.14. The van der Waals surface area contributed by atoms with Crippen molar-refractivity contribution < 1.29 is 13.9 Å². The van der Waals surface area contributed by atoms with Crippen LogP contribution >= 0.6 is 0 Å². The van der Waals surface area contributed by atoms with Crippen LogP contribution in [-0.4, -0.2) is 15.3 Å². The molecule has 1 heterocycles. The molecule has 1 aromatic heterocycles. The van der Waals surface area contributed by atoms with Crippen molar-refractivity contribution in [3.8, 4) is 0 Å². The maximum Gasteiger partial charge on any atom is 0.165 e. The second-order valence-corrected chi connectivity index (χ2v) is 3.74. The number of anilines is 1. The van der Waals surface area contributed by atoms with Crippen LogP contribution < -0.4 is 5.73 Å². The van der Waals surface area contributed by atoms with Gasteiger partial charge in [-0.2, -0.15) is 5.10 Å². The number of hydrogen-bond acceptors (Lipinski definition) is 3. The molecule has 2 aromatic rings. The molecule has 0 aliphatic heterocycles. The number of aliphatic hydroxyl groups excluding tert-OH is 1. The van der Waals surface area contributed by atoms with Gasteiger partial charge in [-0.15, -0.1) is 0 Å². The van der Waals surface area contributed by atoms with Gasteiger partial charge >= 0.3 is 0 Å². The van der Waals surface area contributed by atoms with Crippen molar-refractivity contribution in [3.05, 3.63) is 46.7 Å². The number of benzene rings is 1. The Morgan fingerprint density at radius 3 is 2.59 bits per heavy atom. The van der Waals surface area contributed by atoms with Crippen molar-refractivity contribution in [2.75, 3.05) is 5.73 Å². The summed E-state index contributed by atoms with van der Waals surface area (Å²) in [6, 6.07) is 2.72. The van der Waals surface area contributed by atoms with Gasteiger partial charge in [-0.1, -0.05) is 12.1 Å². The summed E-state index contributed by atoms with van der Waals surface area (Å²) in [5.74, 6) is -1.92. The summed E-state index contributed by atoms with van der Waals surface area (Å²) in [6.45, 7) is 1.45. The molecule has 0 saturated heterocycles. The number of H-pyrrole nitrogens is 1. The third-order valence-corrected chi connectivity index (χ3v) is 2.59. The minimum absolute atomic E-state index is 0.123. The van der Waals surface area contributed by atoms with Gasteiger partial charge in [0.25, 0.3) is 0 Å². The lowest BCUT2D eigenvalue weighted by Crippen LogP contribution is -2.06. The predicted octanol–water partition coefficient (Wildman–Crippen LogP) is 1.66. The molecule has 0 amide bonds. The van der Waals surface area contributed by atoms with Crippen molar-refractivity contribution in [3.63, 3.8) is 0 Å². The van der Waals surface area contributed by atoms with Crippen LogP contribution in [0.5, 0.6) is 0 Å². The summed E-state index contributed by atoms with van der Waals surface area (Å²) >= 11 is 0. The lowest BCUT2D eigenvalue weighted by molar-refractivity contribution is 0.214. The first-order valence-electron chi connectivity index (χ1n) is 4.93. The first-order chi connectivity index (χ1) is 8.02. The minimum Gasteiger partial charge on any atom is -0.384 e. The maximum atomic E-state index is 13.6. The number of nitrogens with two attached hydrogens (primary N) is 1. The molecule has 90 valence electrons. The Kier molecular flexibility index (Phi) is 2.81. The summed E-state index contributed by atoms with van der Waals surface area (Å²) in [4.78, 5) is 0. The standard InChI is InChI=1S/C11H11F2N3O/c1-5-2-3-6(9(13)8(5)12)10(17)7-4-15-16-11(7)14/h2-4,10,17H,1H3,(H3,14,15,16). The Balaban J connectivity index is 2.48. The molecule has 0 bridgehead atoms. The molecule has 0 aliphatic carbocycles. The zero-order valence-corrected chi connectivity index (χ0v) is 9.04. The lowest BCUT2D eigenvalue weighted by atomic mass is 10.0. The quantitative estimate of drug-likeness (QED) is 0.746. The summed E-state index contributed by atoms with van der Waals surface area (Å²) in [5.41, 5.74) is 5.73. The van der Waals surface area contributed by atoms with E-state index in [0.717, 1.165) is 0 Å². The van der Waals surface area contributed by atoms with Crippen LogP contribution in [0, 0.1) is 18.6 Å². The van der Waals surface area contributed by atoms with E-state index in [1.165, 1.54) is 25.3 Å². The van der Waals surface area contributed by atoms with Crippen molar-refractivity contribution in [1.82, 2.24) is 10.2 Å². The largest absolute Gasteiger partial charge is 0.384 e. The monoisotopic (exact) mass is 239 g/mol. The molecule has 6 heteroatoms. The fraction of sp³-hybridized carbons (Fsp3) is 0.182. The Labute approximate surface area is 96.1 Å². The van der Waals surface area contributed by atoms with Gasteiger partial charge in [-0.05, 0) is 12.5 Å². The Morgan fingerprint density at radius 1 is 1.29 bits per heavy atom. The van der Waals surface area contributed by atoms with E-state index in [0.29, 0.717) is 0 Å². The van der Waals surface area contributed by atoms with E-state index in [-0.39, 0.29) is 22.5 Å². The van der Waals surface area contributed by atoms with Gasteiger partial charge in [0.15, 0.2) is 11.6 Å². The van der Waals surface area contributed by atoms with E-state index in [1.54, 1.807) is 0 Å². The number of hydrogen-bond donors (Lipinski definition) is 3. The molecule has 4 nitrogen and oxygen atoms in total. The van der Waals surface area contributed by atoms with E-state index in [4.69, 9.17) is 5.73 Å². The van der Waals surface area contributed by atoms with Crippen LogP contribution in [0.25, 0.3) is 0 Å². The Morgan fingerprint density at radius 2 is 2.00 bits per heavy atom. The van der Waals surface area contributed by atoms with Crippen LogP contribution in [-0.2, 0) is 0 Å². The molecule has 2 rings (SSSR count). The fourth-order valence-electron chi connectivity index (χ4n) is 1.56. The Hall–Kier alpha value is -1.95. The average molecular weight is 239 g/mol. The lowest BCUT2D eigenvalue weighted by Gasteiger charge is -2.12. The third kappa shape index (κ3) is 1.87. The SMILES string of the molecule is Cc1ccc(C(O)c2cn[nH]c2N)c(F)c1F. The van der Waals surface area contributed by atoms with Crippen molar-refractivity contribution >= 4 is 5.82 Å². The van der Waals surface area contributed by atoms with E-state index in [1.807, 2.05) is 0 Å². The van der Waals surface area contributed by atoms with Gasteiger partial charge in [0.2, 0.25) is 0 Å². The highest BCUT2D eigenvalue weighted by Gasteiger charge is 2.21. The molecule has 4 N–H and O–H groups in total. The highest BCUT2D eigenvalue weighted by molar-refractivity contribution is 5.44. The molecule has 0 radical (unpaired) electrons. The summed E-state index contributed by atoms with van der Waals surface area (Å²) in [6.07, 6.45) is -0.0687. The molecule has 0 aliphatic rings. The van der Waals surface area contributed by atoms with Gasteiger partial charge in [0.05, 0.1) is 6.20 Å². The fourth-order valence-corrected chi connectivity index (χ4v) is 1.56. The first kappa shape index (κ1) is 11.5. The number of aliphatic hydroxyl groups is 1. The number of aromatic amines is 1. The topological polar surface area (TPSA) is 74.9 Å². The zero-order chi connectivity index (χ0) is 12.6. The second-order valence-electron chi connectivity index (χ2n) is 3.74. The van der Waals surface area contributed by atoms with Gasteiger partial charge in [0, 0.05) is 11.1 Å². The van der Waals surface area contributed by atoms with Crippen LogP contribution in [0.1, 0.15) is 22.8 Å². The number of nitrogen functional groups attached to an aromatic ring is 1. The smallest absolute Gasteiger partial charge is 0.165 e. The van der Waals surface area contributed by atoms with Crippen molar-refractivity contribution in [2.24, 2.45) is 0 Å². The number of nitrogens with zero attached hydrogens (tertiary/aromatic N) is 1. The van der Waals surface area contributed by atoms with Crippen LogP contribution in [0.15, 0.2) is 18.3 Å². The van der Waals surface area contributed by atoms with Crippen LogP contribution in [0.4, 0.5) is 14.6 Å². The molecular formula is C11H11F2N3O. The van der Waals surface area contributed by atoms with Gasteiger partial charge in [0.1, 0.15) is 11.9 Å². The van der Waals surface area contributed by atoms with Crippen LogP contribution in [0.2, 0.25) is 0 Å². The number of aromatic nitrogens is 2. The normalized spacial score (nSPS) is 12.7. The number of halogens is 2. The maximum absolute atomic E-state index is 13.6.